The van der Waals surface area contributed by atoms with E-state index in [0.717, 1.165) is 19.6 Å². The van der Waals surface area contributed by atoms with Crippen molar-refractivity contribution in [2.24, 2.45) is 5.73 Å². The van der Waals surface area contributed by atoms with Crippen LogP contribution in [0.3, 0.4) is 0 Å². The van der Waals surface area contributed by atoms with E-state index < -0.39 is 0 Å². The van der Waals surface area contributed by atoms with Gasteiger partial charge in [0, 0.05) is 31.5 Å². The summed E-state index contributed by atoms with van der Waals surface area (Å²) < 4.78 is 0. The summed E-state index contributed by atoms with van der Waals surface area (Å²) in [4.78, 5) is 6.57. The molecule has 0 radical (unpaired) electrons. The fourth-order valence-corrected chi connectivity index (χ4v) is 2.65. The molecule has 2 N–H and O–H groups in total. The molecular formula is C17H31N3. The van der Waals surface area contributed by atoms with Crippen molar-refractivity contribution < 1.29 is 0 Å². The van der Waals surface area contributed by atoms with Gasteiger partial charge in [-0.25, -0.2) is 0 Å². The number of unbranched alkanes of at least 4 members (excludes halogenated alkanes) is 4. The molecule has 20 heavy (non-hydrogen) atoms. The number of likely N-dealkylation sites (N-methyl/N-ethyl adjacent to an activating group) is 1. The fraction of sp³-hybridized carbons (Fsp3) is 0.706. The van der Waals surface area contributed by atoms with E-state index in [-0.39, 0.29) is 0 Å². The maximum absolute atomic E-state index is 5.99. The Morgan fingerprint density at radius 1 is 1.10 bits per heavy atom. The zero-order valence-corrected chi connectivity index (χ0v) is 13.2. The van der Waals surface area contributed by atoms with E-state index in [2.05, 4.69) is 35.9 Å². The largest absolute Gasteiger partial charge is 0.329 e. The molecule has 1 aromatic heterocycles. The third-order valence-electron chi connectivity index (χ3n) is 3.97. The maximum atomic E-state index is 5.99. The van der Waals surface area contributed by atoms with Gasteiger partial charge >= 0.3 is 0 Å². The van der Waals surface area contributed by atoms with Gasteiger partial charge in [-0.2, -0.15) is 0 Å². The molecule has 0 fully saturated rings. The summed E-state index contributed by atoms with van der Waals surface area (Å²) >= 11 is 0. The number of aromatic nitrogens is 1. The maximum Gasteiger partial charge on any atom is 0.0271 e. The fourth-order valence-electron chi connectivity index (χ4n) is 2.65. The lowest BCUT2D eigenvalue weighted by Gasteiger charge is -2.30. The zero-order chi connectivity index (χ0) is 14.6. The summed E-state index contributed by atoms with van der Waals surface area (Å²) in [6.45, 7) is 7.28. The number of nitrogens with zero attached hydrogens (tertiary/aromatic N) is 2. The summed E-state index contributed by atoms with van der Waals surface area (Å²) in [5.41, 5.74) is 7.32. The first-order valence-electron chi connectivity index (χ1n) is 8.14. The standard InChI is InChI=1S/C17H31N3/c1-3-5-6-7-8-9-17(14-18)20(4-2)15-16-10-12-19-13-11-16/h10-13,17H,3-9,14-15,18H2,1-2H3. The Labute approximate surface area is 124 Å². The highest BCUT2D eigenvalue weighted by Gasteiger charge is 2.15. The molecular weight excluding hydrogens is 246 g/mol. The molecule has 0 aliphatic rings. The van der Waals surface area contributed by atoms with Crippen LogP contribution < -0.4 is 5.73 Å². The van der Waals surface area contributed by atoms with Crippen LogP contribution in [0.4, 0.5) is 0 Å². The predicted octanol–water partition coefficient (Wildman–Crippen LogP) is 3.59. The third kappa shape index (κ3) is 6.49. The van der Waals surface area contributed by atoms with E-state index in [4.69, 9.17) is 5.73 Å². The van der Waals surface area contributed by atoms with Crippen molar-refractivity contribution in [3.8, 4) is 0 Å². The third-order valence-corrected chi connectivity index (χ3v) is 3.97. The average Bonchev–Trinajstić information content (AvgIpc) is 2.50. The number of pyridine rings is 1. The molecule has 1 aromatic rings. The Balaban J connectivity index is 2.39. The second-order valence-electron chi connectivity index (χ2n) is 5.51. The normalized spacial score (nSPS) is 12.8. The van der Waals surface area contributed by atoms with E-state index in [1.54, 1.807) is 0 Å². The van der Waals surface area contributed by atoms with Gasteiger partial charge in [-0.05, 0) is 30.7 Å². The van der Waals surface area contributed by atoms with Gasteiger partial charge in [0.05, 0.1) is 0 Å². The monoisotopic (exact) mass is 277 g/mol. The molecule has 114 valence electrons. The van der Waals surface area contributed by atoms with Crippen molar-refractivity contribution in [2.75, 3.05) is 13.1 Å². The number of hydrogen-bond acceptors (Lipinski definition) is 3. The van der Waals surface area contributed by atoms with Crippen LogP contribution in [0.25, 0.3) is 0 Å². The Morgan fingerprint density at radius 3 is 2.40 bits per heavy atom. The highest BCUT2D eigenvalue weighted by molar-refractivity contribution is 5.09. The van der Waals surface area contributed by atoms with E-state index in [0.29, 0.717) is 6.04 Å². The van der Waals surface area contributed by atoms with Crippen molar-refractivity contribution in [2.45, 2.75) is 65.0 Å². The minimum atomic E-state index is 0.509. The van der Waals surface area contributed by atoms with Crippen molar-refractivity contribution in [3.63, 3.8) is 0 Å². The van der Waals surface area contributed by atoms with Crippen LogP contribution in [-0.2, 0) is 6.54 Å². The van der Waals surface area contributed by atoms with Crippen LogP contribution in [-0.4, -0.2) is 29.0 Å². The van der Waals surface area contributed by atoms with Gasteiger partial charge in [-0.1, -0.05) is 46.0 Å². The number of nitrogens with two attached hydrogens (primary N) is 1. The molecule has 0 saturated carbocycles. The molecule has 3 heteroatoms. The summed E-state index contributed by atoms with van der Waals surface area (Å²) in [5.74, 6) is 0. The SMILES string of the molecule is CCCCCCCC(CN)N(CC)Cc1ccncc1. The van der Waals surface area contributed by atoms with Crippen LogP contribution in [0.15, 0.2) is 24.5 Å². The summed E-state index contributed by atoms with van der Waals surface area (Å²) in [6.07, 6.45) is 11.6. The minimum Gasteiger partial charge on any atom is -0.329 e. The van der Waals surface area contributed by atoms with Crippen molar-refractivity contribution in [1.82, 2.24) is 9.88 Å². The van der Waals surface area contributed by atoms with E-state index in [1.165, 1.54) is 44.1 Å². The molecule has 1 heterocycles. The molecule has 1 unspecified atom stereocenters. The summed E-state index contributed by atoms with van der Waals surface area (Å²) in [6, 6.07) is 4.70. The Bertz CT molecular complexity index is 326. The molecule has 0 spiro atoms. The lowest BCUT2D eigenvalue weighted by Crippen LogP contribution is -2.40. The van der Waals surface area contributed by atoms with Crippen LogP contribution >= 0.6 is 0 Å². The number of hydrogen-bond donors (Lipinski definition) is 1. The van der Waals surface area contributed by atoms with Gasteiger partial charge in [0.15, 0.2) is 0 Å². The lowest BCUT2D eigenvalue weighted by molar-refractivity contribution is 0.188. The molecule has 0 aliphatic carbocycles. The Morgan fingerprint density at radius 2 is 1.80 bits per heavy atom. The molecule has 0 amide bonds. The van der Waals surface area contributed by atoms with Crippen LogP contribution in [0.5, 0.6) is 0 Å². The highest BCUT2D eigenvalue weighted by atomic mass is 15.2. The van der Waals surface area contributed by atoms with Crippen molar-refractivity contribution in [3.05, 3.63) is 30.1 Å². The smallest absolute Gasteiger partial charge is 0.0271 e. The van der Waals surface area contributed by atoms with Gasteiger partial charge in [-0.15, -0.1) is 0 Å². The van der Waals surface area contributed by atoms with Crippen molar-refractivity contribution in [1.29, 1.82) is 0 Å². The van der Waals surface area contributed by atoms with E-state index in [9.17, 15) is 0 Å². The van der Waals surface area contributed by atoms with Gasteiger partial charge in [0.25, 0.3) is 0 Å². The number of rotatable bonds is 11. The van der Waals surface area contributed by atoms with Crippen molar-refractivity contribution >= 4 is 0 Å². The molecule has 0 aliphatic heterocycles. The van der Waals surface area contributed by atoms with Gasteiger partial charge in [0.1, 0.15) is 0 Å². The molecule has 3 nitrogen and oxygen atoms in total. The molecule has 1 atom stereocenters. The van der Waals surface area contributed by atoms with Crippen LogP contribution in [0.2, 0.25) is 0 Å². The molecule has 0 saturated heterocycles. The lowest BCUT2D eigenvalue weighted by atomic mass is 10.0. The van der Waals surface area contributed by atoms with Gasteiger partial charge < -0.3 is 5.73 Å². The second-order valence-corrected chi connectivity index (χ2v) is 5.51. The van der Waals surface area contributed by atoms with Gasteiger partial charge in [0.2, 0.25) is 0 Å². The topological polar surface area (TPSA) is 42.1 Å². The highest BCUT2D eigenvalue weighted by Crippen LogP contribution is 2.14. The summed E-state index contributed by atoms with van der Waals surface area (Å²) in [7, 11) is 0. The Hall–Kier alpha value is -0.930. The van der Waals surface area contributed by atoms with Gasteiger partial charge in [-0.3, -0.25) is 9.88 Å². The van der Waals surface area contributed by atoms with Crippen LogP contribution in [0.1, 0.15) is 57.9 Å². The summed E-state index contributed by atoms with van der Waals surface area (Å²) in [5, 5.41) is 0. The average molecular weight is 277 g/mol. The first-order valence-corrected chi connectivity index (χ1v) is 8.14. The first kappa shape index (κ1) is 17.1. The quantitative estimate of drug-likeness (QED) is 0.628. The molecule has 1 rings (SSSR count). The minimum absolute atomic E-state index is 0.509. The first-order chi connectivity index (χ1) is 9.81. The zero-order valence-electron chi connectivity index (χ0n) is 13.2. The van der Waals surface area contributed by atoms with E-state index in [1.807, 2.05) is 12.4 Å². The molecule has 0 aromatic carbocycles. The Kier molecular flexibility index (Phi) is 9.25. The predicted molar refractivity (Wildman–Crippen MR) is 86.5 cm³/mol. The second kappa shape index (κ2) is 10.8. The molecule has 0 bridgehead atoms. The van der Waals surface area contributed by atoms with Crippen LogP contribution in [0, 0.1) is 0 Å². The van der Waals surface area contributed by atoms with E-state index >= 15 is 0 Å².